The molecule has 0 radical (unpaired) electrons. The monoisotopic (exact) mass is 392 g/mol. The van der Waals surface area contributed by atoms with Gasteiger partial charge in [0, 0.05) is 22.3 Å². The summed E-state index contributed by atoms with van der Waals surface area (Å²) in [6.07, 6.45) is 1.20. The minimum atomic E-state index is -0.276. The van der Waals surface area contributed by atoms with Crippen molar-refractivity contribution >= 4 is 23.6 Å². The summed E-state index contributed by atoms with van der Waals surface area (Å²) in [5, 5.41) is 9.98. The van der Waals surface area contributed by atoms with Crippen molar-refractivity contribution in [1.29, 1.82) is 0 Å². The van der Waals surface area contributed by atoms with Gasteiger partial charge in [0.25, 0.3) is 0 Å². The third-order valence-corrected chi connectivity index (χ3v) is 3.27. The van der Waals surface area contributed by atoms with E-state index < -0.39 is 0 Å². The van der Waals surface area contributed by atoms with Gasteiger partial charge in [-0.3, -0.25) is 19.2 Å². The van der Waals surface area contributed by atoms with E-state index in [0.29, 0.717) is 35.1 Å². The maximum absolute atomic E-state index is 11.2. The maximum Gasteiger partial charge on any atom is 0.247 e. The number of amides is 4. The smallest absolute Gasteiger partial charge is 0.247 e. The van der Waals surface area contributed by atoms with Crippen LogP contribution in [-0.2, 0) is 19.2 Å². The van der Waals surface area contributed by atoms with Crippen LogP contribution in [0.25, 0.3) is 0 Å². The first-order valence-corrected chi connectivity index (χ1v) is 8.77. The maximum atomic E-state index is 11.2. The van der Waals surface area contributed by atoms with Crippen LogP contribution in [0.5, 0.6) is 0 Å². The van der Waals surface area contributed by atoms with Crippen LogP contribution in [0.15, 0.2) is 48.6 Å². The first-order valence-electron chi connectivity index (χ1n) is 8.77. The second-order valence-corrected chi connectivity index (χ2v) is 5.85. The molecule has 0 aliphatic heterocycles. The van der Waals surface area contributed by atoms with Gasteiger partial charge in [-0.05, 0) is 26.7 Å². The molecule has 0 saturated carbocycles. The van der Waals surface area contributed by atoms with Gasteiger partial charge in [0.2, 0.25) is 23.6 Å². The van der Waals surface area contributed by atoms with Crippen molar-refractivity contribution in [3.05, 3.63) is 48.6 Å². The minimum Gasteiger partial charge on any atom is -0.335 e. The fraction of sp³-hybridized carbons (Fsp3) is 0.400. The Hall–Kier alpha value is -3.16. The molecule has 4 N–H and O–H groups in total. The van der Waals surface area contributed by atoms with Crippen LogP contribution in [0.4, 0.5) is 0 Å². The molecule has 0 aromatic heterocycles. The lowest BCUT2D eigenvalue weighted by atomic mass is 10.2. The quantitative estimate of drug-likeness (QED) is 0.332. The molecule has 8 heteroatoms. The summed E-state index contributed by atoms with van der Waals surface area (Å²) < 4.78 is 0. The molecule has 0 spiro atoms. The fourth-order valence-corrected chi connectivity index (χ4v) is 1.28. The topological polar surface area (TPSA) is 116 Å². The lowest BCUT2D eigenvalue weighted by Gasteiger charge is -2.08. The van der Waals surface area contributed by atoms with Crippen molar-refractivity contribution in [2.45, 2.75) is 40.5 Å². The van der Waals surface area contributed by atoms with Crippen LogP contribution in [0, 0.1) is 0 Å². The zero-order valence-electron chi connectivity index (χ0n) is 17.3. The third kappa shape index (κ3) is 13.1. The van der Waals surface area contributed by atoms with E-state index in [1.165, 1.54) is 0 Å². The summed E-state index contributed by atoms with van der Waals surface area (Å²) in [5.74, 6) is -1.02. The molecule has 0 aromatic rings. The van der Waals surface area contributed by atoms with Gasteiger partial charge < -0.3 is 21.3 Å². The Labute approximate surface area is 167 Å². The molecular weight excluding hydrogens is 360 g/mol. The van der Waals surface area contributed by atoms with Crippen molar-refractivity contribution in [3.8, 4) is 0 Å². The minimum absolute atomic E-state index is 0.0946. The Morgan fingerprint density at radius 2 is 0.821 bits per heavy atom. The number of rotatable bonds is 10. The van der Waals surface area contributed by atoms with Crippen LogP contribution >= 0.6 is 0 Å². The van der Waals surface area contributed by atoms with Crippen molar-refractivity contribution in [2.24, 2.45) is 0 Å². The molecule has 0 bridgehead atoms. The van der Waals surface area contributed by atoms with Crippen molar-refractivity contribution < 1.29 is 19.2 Å². The Morgan fingerprint density at radius 3 is 1.04 bits per heavy atom. The zero-order chi connectivity index (χ0) is 22.3. The van der Waals surface area contributed by atoms with Crippen LogP contribution in [-0.4, -0.2) is 37.0 Å². The van der Waals surface area contributed by atoms with Gasteiger partial charge in [-0.2, -0.15) is 0 Å². The van der Waals surface area contributed by atoms with Gasteiger partial charge in [-0.25, -0.2) is 0 Å². The highest BCUT2D eigenvalue weighted by atomic mass is 16.2. The highest BCUT2D eigenvalue weighted by Crippen LogP contribution is 1.96. The van der Waals surface area contributed by atoms with Crippen LogP contribution in [0.1, 0.15) is 40.5 Å². The fourth-order valence-electron chi connectivity index (χ4n) is 1.28. The van der Waals surface area contributed by atoms with E-state index in [1.807, 2.05) is 13.8 Å². The summed E-state index contributed by atoms with van der Waals surface area (Å²) in [5.41, 5.74) is 1.81. The second-order valence-electron chi connectivity index (χ2n) is 5.85. The lowest BCUT2D eigenvalue weighted by molar-refractivity contribution is -0.120. The van der Waals surface area contributed by atoms with Crippen molar-refractivity contribution in [3.63, 3.8) is 0 Å². The normalized spacial score (nSPS) is 9.00. The van der Waals surface area contributed by atoms with Crippen LogP contribution in [0.3, 0.4) is 0 Å². The summed E-state index contributed by atoms with van der Waals surface area (Å²) in [6, 6.07) is 0. The Morgan fingerprint density at radius 1 is 0.571 bits per heavy atom. The largest absolute Gasteiger partial charge is 0.335 e. The van der Waals surface area contributed by atoms with E-state index in [0.717, 1.165) is 0 Å². The Balaban J connectivity index is 0. The highest BCUT2D eigenvalue weighted by molar-refractivity contribution is 5.95. The van der Waals surface area contributed by atoms with Crippen LogP contribution in [0.2, 0.25) is 0 Å². The summed E-state index contributed by atoms with van der Waals surface area (Å²) in [6.45, 7) is 21.1. The number of hydrogen-bond acceptors (Lipinski definition) is 4. The van der Waals surface area contributed by atoms with E-state index in [-0.39, 0.29) is 37.0 Å². The average molecular weight is 393 g/mol. The molecule has 0 atom stereocenters. The highest BCUT2D eigenvalue weighted by Gasteiger charge is 2.06. The molecule has 0 aromatic carbocycles. The lowest BCUT2D eigenvalue weighted by Crippen LogP contribution is -2.38. The molecular formula is C20H32N4O4. The van der Waals surface area contributed by atoms with Crippen LogP contribution < -0.4 is 21.3 Å². The third-order valence-electron chi connectivity index (χ3n) is 3.27. The Bertz CT molecular complexity index is 597. The molecule has 28 heavy (non-hydrogen) atoms. The molecule has 156 valence electrons. The van der Waals surface area contributed by atoms with Gasteiger partial charge in [0.05, 0.1) is 13.3 Å². The number of hydrogen-bond donors (Lipinski definition) is 4. The number of nitrogens with one attached hydrogen (secondary N) is 4. The number of carbonyl (C=O) groups is 4. The Kier molecular flexibility index (Phi) is 14.5. The summed E-state index contributed by atoms with van der Waals surface area (Å²) >= 11 is 0. The summed E-state index contributed by atoms with van der Waals surface area (Å²) in [4.78, 5) is 44.2. The first-order chi connectivity index (χ1) is 13.0. The predicted molar refractivity (Wildman–Crippen MR) is 111 cm³/mol. The van der Waals surface area contributed by atoms with Gasteiger partial charge in [0.15, 0.2) is 0 Å². The van der Waals surface area contributed by atoms with Gasteiger partial charge in [0.1, 0.15) is 0 Å². The van der Waals surface area contributed by atoms with Gasteiger partial charge in [-0.1, -0.05) is 40.2 Å². The van der Waals surface area contributed by atoms with E-state index >= 15 is 0 Å². The molecule has 0 aliphatic carbocycles. The summed E-state index contributed by atoms with van der Waals surface area (Å²) in [7, 11) is 0. The zero-order valence-corrected chi connectivity index (χ0v) is 17.3. The van der Waals surface area contributed by atoms with Crippen molar-refractivity contribution in [1.82, 2.24) is 21.3 Å². The molecule has 0 unspecified atom stereocenters. The molecule has 8 nitrogen and oxygen atoms in total. The van der Waals surface area contributed by atoms with E-state index in [1.54, 1.807) is 13.8 Å². The SMILES string of the molecule is C=C(C)C(=O)NCNC(=O)C(=C)C.C=C(CC)C(=O)NCNC(=O)C(=C)CC. The van der Waals surface area contributed by atoms with Gasteiger partial charge >= 0.3 is 0 Å². The van der Waals surface area contributed by atoms with Crippen molar-refractivity contribution in [2.75, 3.05) is 13.3 Å². The predicted octanol–water partition coefficient (Wildman–Crippen LogP) is 1.44. The average Bonchev–Trinajstić information content (AvgIpc) is 2.66. The first kappa shape index (κ1) is 27.1. The van der Waals surface area contributed by atoms with E-state index in [2.05, 4.69) is 47.6 Å². The van der Waals surface area contributed by atoms with E-state index in [9.17, 15) is 19.2 Å². The van der Waals surface area contributed by atoms with Gasteiger partial charge in [-0.15, -0.1) is 0 Å². The standard InChI is InChI=1S/C11H18N2O2.C9H14N2O2/c1-5-8(3)10(14)12-7-13-11(15)9(4)6-2;1-6(2)8(12)10-5-11-9(13)7(3)4/h3-7H2,1-2H3,(H,12,14)(H,13,15);1,3,5H2,2,4H3,(H,10,12)(H,11,13). The second kappa shape index (κ2) is 15.0. The molecule has 0 heterocycles. The van der Waals surface area contributed by atoms with E-state index in [4.69, 9.17) is 0 Å². The molecule has 0 rings (SSSR count). The molecule has 0 fully saturated rings. The molecule has 0 saturated heterocycles. The number of carbonyl (C=O) groups excluding carboxylic acids is 4. The molecule has 4 amide bonds. The molecule has 0 aliphatic rings.